The van der Waals surface area contributed by atoms with Crippen molar-refractivity contribution in [2.75, 3.05) is 19.8 Å². The third kappa shape index (κ3) is 3.22. The fourth-order valence-electron chi connectivity index (χ4n) is 2.63. The van der Waals surface area contributed by atoms with Crippen LogP contribution in [-0.4, -0.2) is 42.1 Å². The summed E-state index contributed by atoms with van der Waals surface area (Å²) in [6, 6.07) is 3.28. The molecule has 1 aromatic rings. The standard InChI is InChI=1S/C15H19NO4S/c1-3-20-8-5-7-16-13(11-6-4-9-21-11)12(10(2)17)14(18)15(16)19/h4,6,9,12-13H,3,5,7-8H2,1-2H3. The van der Waals surface area contributed by atoms with Gasteiger partial charge in [-0.2, -0.15) is 0 Å². The van der Waals surface area contributed by atoms with Gasteiger partial charge in [-0.05, 0) is 31.7 Å². The highest BCUT2D eigenvalue weighted by molar-refractivity contribution is 7.10. The van der Waals surface area contributed by atoms with Gasteiger partial charge in [-0.25, -0.2) is 0 Å². The molecule has 1 aliphatic heterocycles. The SMILES string of the molecule is CCOCCCN1C(=O)C(=O)C(C(C)=O)C1c1cccs1. The number of carbonyl (C=O) groups is 3. The summed E-state index contributed by atoms with van der Waals surface area (Å²) >= 11 is 1.46. The molecule has 1 fully saturated rings. The Morgan fingerprint density at radius 3 is 2.76 bits per heavy atom. The monoisotopic (exact) mass is 309 g/mol. The third-order valence-electron chi connectivity index (χ3n) is 3.57. The lowest BCUT2D eigenvalue weighted by Crippen LogP contribution is -2.31. The van der Waals surface area contributed by atoms with Crippen LogP contribution in [0.2, 0.25) is 0 Å². The summed E-state index contributed by atoms with van der Waals surface area (Å²) < 4.78 is 5.27. The maximum Gasteiger partial charge on any atom is 0.291 e. The van der Waals surface area contributed by atoms with Crippen LogP contribution in [0.5, 0.6) is 0 Å². The quantitative estimate of drug-likeness (QED) is 0.438. The van der Waals surface area contributed by atoms with Crippen molar-refractivity contribution < 1.29 is 19.1 Å². The van der Waals surface area contributed by atoms with Gasteiger partial charge >= 0.3 is 0 Å². The van der Waals surface area contributed by atoms with E-state index in [9.17, 15) is 14.4 Å². The highest BCUT2D eigenvalue weighted by Crippen LogP contribution is 2.38. The van der Waals surface area contributed by atoms with E-state index in [1.54, 1.807) is 0 Å². The van der Waals surface area contributed by atoms with Gasteiger partial charge < -0.3 is 9.64 Å². The molecule has 0 radical (unpaired) electrons. The molecule has 0 spiro atoms. The van der Waals surface area contributed by atoms with Crippen molar-refractivity contribution in [1.82, 2.24) is 4.90 Å². The average Bonchev–Trinajstić information content (AvgIpc) is 3.04. The molecule has 2 heterocycles. The second-order valence-corrected chi connectivity index (χ2v) is 5.94. The predicted octanol–water partition coefficient (Wildman–Crippen LogP) is 1.83. The van der Waals surface area contributed by atoms with Gasteiger partial charge in [-0.3, -0.25) is 14.4 Å². The van der Waals surface area contributed by atoms with E-state index in [4.69, 9.17) is 4.74 Å². The first-order chi connectivity index (χ1) is 10.1. The van der Waals surface area contributed by atoms with Crippen molar-refractivity contribution in [3.8, 4) is 0 Å². The highest BCUT2D eigenvalue weighted by Gasteiger charge is 2.50. The van der Waals surface area contributed by atoms with E-state index < -0.39 is 23.7 Å². The molecule has 6 heteroatoms. The van der Waals surface area contributed by atoms with Crippen LogP contribution in [0.3, 0.4) is 0 Å². The van der Waals surface area contributed by atoms with Crippen LogP contribution < -0.4 is 0 Å². The zero-order chi connectivity index (χ0) is 15.4. The molecule has 2 rings (SSSR count). The number of nitrogens with zero attached hydrogens (tertiary/aromatic N) is 1. The largest absolute Gasteiger partial charge is 0.382 e. The van der Waals surface area contributed by atoms with Gasteiger partial charge in [0.15, 0.2) is 0 Å². The van der Waals surface area contributed by atoms with E-state index in [1.807, 2.05) is 24.4 Å². The van der Waals surface area contributed by atoms with Crippen molar-refractivity contribution >= 4 is 28.8 Å². The smallest absolute Gasteiger partial charge is 0.291 e. The fraction of sp³-hybridized carbons (Fsp3) is 0.533. The highest BCUT2D eigenvalue weighted by atomic mass is 32.1. The number of likely N-dealkylation sites (tertiary alicyclic amines) is 1. The van der Waals surface area contributed by atoms with E-state index >= 15 is 0 Å². The maximum atomic E-state index is 12.2. The van der Waals surface area contributed by atoms with Crippen LogP contribution in [0.4, 0.5) is 0 Å². The fourth-order valence-corrected chi connectivity index (χ4v) is 3.50. The lowest BCUT2D eigenvalue weighted by atomic mass is 9.94. The summed E-state index contributed by atoms with van der Waals surface area (Å²) in [5, 5.41) is 1.89. The van der Waals surface area contributed by atoms with Crippen LogP contribution >= 0.6 is 11.3 Å². The van der Waals surface area contributed by atoms with Crippen LogP contribution in [0.1, 0.15) is 31.2 Å². The predicted molar refractivity (Wildman–Crippen MR) is 79.1 cm³/mol. The van der Waals surface area contributed by atoms with Gasteiger partial charge in [0.1, 0.15) is 11.7 Å². The Bertz CT molecular complexity index is 526. The van der Waals surface area contributed by atoms with Gasteiger partial charge in [-0.1, -0.05) is 6.07 Å². The number of Topliss-reactive ketones (excluding diaryl/α,β-unsaturated/α-hetero) is 2. The molecule has 2 atom stereocenters. The Hall–Kier alpha value is -1.53. The number of carbonyl (C=O) groups excluding carboxylic acids is 3. The minimum atomic E-state index is -0.872. The topological polar surface area (TPSA) is 63.7 Å². The average molecular weight is 309 g/mol. The van der Waals surface area contributed by atoms with Gasteiger partial charge in [0.25, 0.3) is 5.91 Å². The van der Waals surface area contributed by atoms with E-state index in [-0.39, 0.29) is 5.78 Å². The summed E-state index contributed by atoms with van der Waals surface area (Å²) in [6.07, 6.45) is 0.652. The number of thiophene rings is 1. The molecule has 0 saturated carbocycles. The number of ketones is 2. The Labute approximate surface area is 127 Å². The Morgan fingerprint density at radius 1 is 1.43 bits per heavy atom. The van der Waals surface area contributed by atoms with E-state index in [1.165, 1.54) is 23.2 Å². The minimum Gasteiger partial charge on any atom is -0.382 e. The number of hydrogen-bond donors (Lipinski definition) is 0. The van der Waals surface area contributed by atoms with Crippen LogP contribution in [-0.2, 0) is 19.1 Å². The first-order valence-electron chi connectivity index (χ1n) is 7.04. The maximum absolute atomic E-state index is 12.2. The Morgan fingerprint density at radius 2 is 2.19 bits per heavy atom. The van der Waals surface area contributed by atoms with Crippen molar-refractivity contribution in [2.45, 2.75) is 26.3 Å². The number of hydrogen-bond acceptors (Lipinski definition) is 5. The third-order valence-corrected chi connectivity index (χ3v) is 4.51. The minimum absolute atomic E-state index is 0.251. The van der Waals surface area contributed by atoms with Crippen molar-refractivity contribution in [3.05, 3.63) is 22.4 Å². The van der Waals surface area contributed by atoms with E-state index in [2.05, 4.69) is 0 Å². The normalized spacial score (nSPS) is 22.1. The lowest BCUT2D eigenvalue weighted by Gasteiger charge is -2.25. The molecule has 5 nitrogen and oxygen atoms in total. The second kappa shape index (κ2) is 6.95. The molecule has 1 saturated heterocycles. The second-order valence-electron chi connectivity index (χ2n) is 4.96. The van der Waals surface area contributed by atoms with Gasteiger partial charge in [0.05, 0.1) is 6.04 Å². The zero-order valence-electron chi connectivity index (χ0n) is 12.2. The molecule has 21 heavy (non-hydrogen) atoms. The number of ether oxygens (including phenoxy) is 1. The summed E-state index contributed by atoms with van der Waals surface area (Å²) in [7, 11) is 0. The van der Waals surface area contributed by atoms with Crippen LogP contribution in [0.15, 0.2) is 17.5 Å². The molecule has 0 bridgehead atoms. The first kappa shape index (κ1) is 15.9. The van der Waals surface area contributed by atoms with Crippen LogP contribution in [0, 0.1) is 5.92 Å². The summed E-state index contributed by atoms with van der Waals surface area (Å²) in [6.45, 7) is 4.87. The Kier molecular flexibility index (Phi) is 5.25. The molecule has 114 valence electrons. The van der Waals surface area contributed by atoms with Crippen molar-refractivity contribution in [2.24, 2.45) is 5.92 Å². The van der Waals surface area contributed by atoms with E-state index in [0.717, 1.165) is 4.88 Å². The van der Waals surface area contributed by atoms with Gasteiger partial charge in [0.2, 0.25) is 5.78 Å². The molecule has 0 N–H and O–H groups in total. The summed E-state index contributed by atoms with van der Waals surface area (Å²) in [4.78, 5) is 38.5. The van der Waals surface area contributed by atoms with Crippen molar-refractivity contribution in [3.63, 3.8) is 0 Å². The Balaban J connectivity index is 2.21. The van der Waals surface area contributed by atoms with Gasteiger partial charge in [-0.15, -0.1) is 11.3 Å². The molecule has 1 aliphatic rings. The van der Waals surface area contributed by atoms with Crippen molar-refractivity contribution in [1.29, 1.82) is 0 Å². The van der Waals surface area contributed by atoms with E-state index in [0.29, 0.717) is 26.2 Å². The molecule has 2 unspecified atom stereocenters. The molecule has 1 aromatic heterocycles. The summed E-state index contributed by atoms with van der Waals surface area (Å²) in [5.41, 5.74) is 0. The molecular weight excluding hydrogens is 290 g/mol. The lowest BCUT2D eigenvalue weighted by molar-refractivity contribution is -0.142. The molecular formula is C15H19NO4S. The molecule has 1 amide bonds. The zero-order valence-corrected chi connectivity index (χ0v) is 13.0. The number of rotatable bonds is 7. The first-order valence-corrected chi connectivity index (χ1v) is 7.92. The van der Waals surface area contributed by atoms with Gasteiger partial charge in [0, 0.05) is 24.6 Å². The summed E-state index contributed by atoms with van der Waals surface area (Å²) in [5.74, 6) is -2.26. The number of amides is 1. The molecule has 0 aromatic carbocycles. The molecule has 0 aliphatic carbocycles. The van der Waals surface area contributed by atoms with Crippen LogP contribution in [0.25, 0.3) is 0 Å².